The molecule has 202 valence electrons. The van der Waals surface area contributed by atoms with Crippen molar-refractivity contribution in [3.8, 4) is 11.5 Å². The molecule has 0 aliphatic carbocycles. The number of hydrogen-bond donors (Lipinski definition) is 0. The molecule has 0 saturated carbocycles. The molecule has 3 aromatic carbocycles. The van der Waals surface area contributed by atoms with Crippen LogP contribution in [-0.2, 0) is 12.1 Å². The standard InChI is InChI=1S/C32H28ClN3O4/c1-32(24-12-6-3-7-13-24)26-20-25(33)14-15-28(26)39-19-9-8-17-34-22-36(32)35-18-16-27(37)30(29(35)31(34)38)40-21-23-10-4-2-5-11-23/h2-16,18,20H,17,19,21-22H2,1H3/b9-8-/t32-/m1/s1. The predicted molar refractivity (Wildman–Crippen MR) is 155 cm³/mol. The average molecular weight is 554 g/mol. The number of ether oxygens (including phenoxy) is 2. The van der Waals surface area contributed by atoms with Gasteiger partial charge in [-0.2, -0.15) is 0 Å². The fourth-order valence-electron chi connectivity index (χ4n) is 5.34. The molecule has 2 bridgehead atoms. The minimum Gasteiger partial charge on any atom is -0.489 e. The van der Waals surface area contributed by atoms with Crippen molar-refractivity contribution in [1.29, 1.82) is 0 Å². The summed E-state index contributed by atoms with van der Waals surface area (Å²) in [5, 5.41) is 2.62. The molecule has 0 spiro atoms. The molecule has 0 fully saturated rings. The first-order valence-electron chi connectivity index (χ1n) is 13.1. The van der Waals surface area contributed by atoms with E-state index in [1.807, 2.05) is 91.0 Å². The van der Waals surface area contributed by atoms with Gasteiger partial charge in [0.2, 0.25) is 5.43 Å². The molecule has 3 heterocycles. The summed E-state index contributed by atoms with van der Waals surface area (Å²) < 4.78 is 14.1. The van der Waals surface area contributed by atoms with E-state index in [4.69, 9.17) is 21.1 Å². The molecule has 1 atom stereocenters. The van der Waals surface area contributed by atoms with Gasteiger partial charge in [0.25, 0.3) is 5.91 Å². The van der Waals surface area contributed by atoms with Gasteiger partial charge in [0.15, 0.2) is 11.4 Å². The van der Waals surface area contributed by atoms with Crippen molar-refractivity contribution in [3.05, 3.63) is 141 Å². The van der Waals surface area contributed by atoms with Crippen LogP contribution in [0.5, 0.6) is 11.5 Å². The van der Waals surface area contributed by atoms with Gasteiger partial charge in [-0.3, -0.25) is 19.3 Å². The fraction of sp³-hybridized carbons (Fsp3) is 0.188. The Morgan fingerprint density at radius 1 is 0.950 bits per heavy atom. The lowest BCUT2D eigenvalue weighted by Crippen LogP contribution is -2.61. The number of nitrogens with zero attached hydrogens (tertiary/aromatic N) is 3. The van der Waals surface area contributed by atoms with Gasteiger partial charge < -0.3 is 14.4 Å². The molecule has 4 aromatic rings. The van der Waals surface area contributed by atoms with Crippen LogP contribution in [0.3, 0.4) is 0 Å². The van der Waals surface area contributed by atoms with Gasteiger partial charge in [0.1, 0.15) is 31.2 Å². The van der Waals surface area contributed by atoms with Crippen molar-refractivity contribution in [2.24, 2.45) is 0 Å². The Labute approximate surface area is 237 Å². The van der Waals surface area contributed by atoms with Crippen LogP contribution in [0.1, 0.15) is 34.1 Å². The van der Waals surface area contributed by atoms with Gasteiger partial charge in [-0.25, -0.2) is 0 Å². The first-order chi connectivity index (χ1) is 19.5. The molecule has 0 N–H and O–H groups in total. The number of pyridine rings is 1. The van der Waals surface area contributed by atoms with E-state index in [1.54, 1.807) is 15.8 Å². The van der Waals surface area contributed by atoms with Crippen LogP contribution in [0, 0.1) is 0 Å². The lowest BCUT2D eigenvalue weighted by molar-refractivity contribution is 0.0682. The van der Waals surface area contributed by atoms with Gasteiger partial charge in [-0.05, 0) is 42.3 Å². The van der Waals surface area contributed by atoms with Crippen LogP contribution in [0.2, 0.25) is 5.02 Å². The number of amides is 1. The number of rotatable bonds is 4. The van der Waals surface area contributed by atoms with Crippen molar-refractivity contribution in [1.82, 2.24) is 9.58 Å². The second kappa shape index (κ2) is 10.6. The van der Waals surface area contributed by atoms with Crippen LogP contribution in [0.4, 0.5) is 0 Å². The van der Waals surface area contributed by atoms with Gasteiger partial charge in [-0.15, -0.1) is 0 Å². The van der Waals surface area contributed by atoms with E-state index in [0.717, 1.165) is 16.7 Å². The topological polar surface area (TPSA) is 64.0 Å². The molecule has 1 amide bonds. The summed E-state index contributed by atoms with van der Waals surface area (Å²) in [5.74, 6) is 0.403. The highest BCUT2D eigenvalue weighted by molar-refractivity contribution is 6.30. The molecule has 1 aromatic heterocycles. The average Bonchev–Trinajstić information content (AvgIpc) is 3.00. The number of halogens is 1. The Hall–Kier alpha value is -4.49. The van der Waals surface area contributed by atoms with E-state index in [-0.39, 0.29) is 36.1 Å². The zero-order chi connectivity index (χ0) is 27.7. The zero-order valence-corrected chi connectivity index (χ0v) is 22.8. The van der Waals surface area contributed by atoms with Crippen molar-refractivity contribution in [3.63, 3.8) is 0 Å². The minimum absolute atomic E-state index is 0.0166. The maximum atomic E-state index is 14.0. The molecule has 6 rings (SSSR count). The molecule has 40 heavy (non-hydrogen) atoms. The van der Waals surface area contributed by atoms with Gasteiger partial charge in [-0.1, -0.05) is 78.3 Å². The number of fused-ring (bicyclic) bond motifs is 5. The summed E-state index contributed by atoms with van der Waals surface area (Å²) in [6, 6.07) is 26.6. The molecule has 8 heteroatoms. The van der Waals surface area contributed by atoms with Crippen molar-refractivity contribution in [2.75, 3.05) is 24.8 Å². The van der Waals surface area contributed by atoms with Gasteiger partial charge in [0, 0.05) is 29.4 Å². The third-order valence-electron chi connectivity index (χ3n) is 7.46. The SMILES string of the molecule is C[C@@]1(c2ccccc2)c2cc(Cl)ccc2OC/C=C\CN2CN1n1ccc(=O)c(OCc3ccccc3)c1C2=O. The minimum atomic E-state index is -0.870. The van der Waals surface area contributed by atoms with E-state index in [2.05, 4.69) is 11.9 Å². The monoisotopic (exact) mass is 553 g/mol. The highest BCUT2D eigenvalue weighted by Crippen LogP contribution is 2.43. The maximum absolute atomic E-state index is 14.0. The Bertz CT molecular complexity index is 1640. The summed E-state index contributed by atoms with van der Waals surface area (Å²) in [7, 11) is 0. The summed E-state index contributed by atoms with van der Waals surface area (Å²) in [4.78, 5) is 28.9. The van der Waals surface area contributed by atoms with E-state index in [9.17, 15) is 9.59 Å². The van der Waals surface area contributed by atoms with Crippen molar-refractivity contribution in [2.45, 2.75) is 19.1 Å². The molecular weight excluding hydrogens is 526 g/mol. The Morgan fingerprint density at radius 2 is 1.70 bits per heavy atom. The second-order valence-electron chi connectivity index (χ2n) is 9.91. The highest BCUT2D eigenvalue weighted by atomic mass is 35.5. The van der Waals surface area contributed by atoms with Crippen molar-refractivity contribution < 1.29 is 14.3 Å². The number of hydrogen-bond acceptors (Lipinski definition) is 5. The van der Waals surface area contributed by atoms with E-state index in [1.165, 1.54) is 6.07 Å². The molecule has 0 radical (unpaired) electrons. The van der Waals surface area contributed by atoms with E-state index in [0.29, 0.717) is 23.9 Å². The summed E-state index contributed by atoms with van der Waals surface area (Å²) in [6.07, 6.45) is 5.43. The third-order valence-corrected chi connectivity index (χ3v) is 7.70. The number of benzene rings is 3. The quantitative estimate of drug-likeness (QED) is 0.319. The third kappa shape index (κ3) is 4.52. The number of carbonyl (C=O) groups excluding carboxylic acids is 1. The predicted octanol–water partition coefficient (Wildman–Crippen LogP) is 5.34. The van der Waals surface area contributed by atoms with E-state index < -0.39 is 5.54 Å². The first kappa shape index (κ1) is 25.8. The van der Waals surface area contributed by atoms with Crippen LogP contribution >= 0.6 is 11.6 Å². The highest BCUT2D eigenvalue weighted by Gasteiger charge is 2.45. The summed E-state index contributed by atoms with van der Waals surface area (Å²) in [6.45, 7) is 3.14. The molecule has 0 saturated heterocycles. The molecule has 0 unspecified atom stereocenters. The number of aromatic nitrogens is 1. The Kier molecular flexibility index (Phi) is 6.82. The van der Waals surface area contributed by atoms with Gasteiger partial charge >= 0.3 is 0 Å². The fourth-order valence-corrected chi connectivity index (χ4v) is 5.51. The molecular formula is C32H28ClN3O4. The largest absolute Gasteiger partial charge is 0.489 e. The summed E-state index contributed by atoms with van der Waals surface area (Å²) in [5.41, 5.74) is 1.63. The molecule has 2 aliphatic rings. The Morgan fingerprint density at radius 3 is 2.48 bits per heavy atom. The van der Waals surface area contributed by atoms with Crippen LogP contribution in [0.25, 0.3) is 0 Å². The first-order valence-corrected chi connectivity index (χ1v) is 13.5. The maximum Gasteiger partial charge on any atom is 0.278 e. The van der Waals surface area contributed by atoms with Crippen LogP contribution in [-0.4, -0.2) is 35.3 Å². The molecule has 2 aliphatic heterocycles. The van der Waals surface area contributed by atoms with E-state index >= 15 is 0 Å². The molecule has 7 nitrogen and oxygen atoms in total. The smallest absolute Gasteiger partial charge is 0.278 e. The van der Waals surface area contributed by atoms with Crippen molar-refractivity contribution >= 4 is 17.5 Å². The number of carbonyl (C=O) groups is 1. The summed E-state index contributed by atoms with van der Waals surface area (Å²) >= 11 is 6.57. The van der Waals surface area contributed by atoms with Crippen LogP contribution < -0.4 is 19.9 Å². The lowest BCUT2D eigenvalue weighted by atomic mass is 9.83. The lowest BCUT2D eigenvalue weighted by Gasteiger charge is -2.49. The van der Waals surface area contributed by atoms with Gasteiger partial charge in [0.05, 0.1) is 0 Å². The second-order valence-corrected chi connectivity index (χ2v) is 10.3. The zero-order valence-electron chi connectivity index (χ0n) is 22.0. The Balaban J connectivity index is 1.59. The van der Waals surface area contributed by atoms with Crippen LogP contribution in [0.15, 0.2) is 108 Å². The normalized spacial score (nSPS) is 19.1.